The highest BCUT2D eigenvalue weighted by atomic mass is 19.4. The van der Waals surface area contributed by atoms with Crippen LogP contribution in [0.15, 0.2) is 35.3 Å². The van der Waals surface area contributed by atoms with Crippen LogP contribution in [0.25, 0.3) is 16.7 Å². The van der Waals surface area contributed by atoms with E-state index in [2.05, 4.69) is 15.6 Å². The lowest BCUT2D eigenvalue weighted by Crippen LogP contribution is -2.48. The van der Waals surface area contributed by atoms with E-state index in [0.717, 1.165) is 0 Å². The molecule has 0 aliphatic heterocycles. The number of halogens is 6. The van der Waals surface area contributed by atoms with Gasteiger partial charge in [0.05, 0.1) is 5.39 Å². The fourth-order valence-corrected chi connectivity index (χ4v) is 4.33. The summed E-state index contributed by atoms with van der Waals surface area (Å²) >= 11 is 0. The zero-order chi connectivity index (χ0) is 31.9. The third kappa shape index (κ3) is 7.56. The number of carbonyl (C=O) groups is 2. The molecule has 0 bridgehead atoms. The number of alkyl halides is 3. The molecule has 232 valence electrons. The fourth-order valence-electron chi connectivity index (χ4n) is 4.33. The van der Waals surface area contributed by atoms with Gasteiger partial charge in [0.25, 0.3) is 5.91 Å². The molecule has 2 aromatic heterocycles. The van der Waals surface area contributed by atoms with Crippen molar-refractivity contribution in [3.63, 3.8) is 0 Å². The molecule has 2 heterocycles. The number of nitrogens with one attached hydrogen (secondary N) is 3. The van der Waals surface area contributed by atoms with Gasteiger partial charge in [-0.3, -0.25) is 14.2 Å². The van der Waals surface area contributed by atoms with Crippen molar-refractivity contribution in [2.24, 2.45) is 5.92 Å². The monoisotopic (exact) mass is 613 g/mol. The second-order valence-corrected chi connectivity index (χ2v) is 11.3. The summed E-state index contributed by atoms with van der Waals surface area (Å²) in [4.78, 5) is 42.5. The Labute approximate surface area is 241 Å². The predicted octanol–water partition coefficient (Wildman–Crippen LogP) is 5.20. The molecule has 0 saturated heterocycles. The second-order valence-electron chi connectivity index (χ2n) is 11.3. The Hall–Kier alpha value is -4.30. The lowest BCUT2D eigenvalue weighted by Gasteiger charge is -2.22. The number of benzene rings is 1. The van der Waals surface area contributed by atoms with E-state index in [1.54, 1.807) is 27.7 Å². The molecule has 3 aromatic rings. The van der Waals surface area contributed by atoms with Gasteiger partial charge in [0.2, 0.25) is 5.43 Å². The molecule has 43 heavy (non-hydrogen) atoms. The van der Waals surface area contributed by atoms with Crippen molar-refractivity contribution in [1.29, 1.82) is 0 Å². The zero-order valence-corrected chi connectivity index (χ0v) is 23.5. The summed E-state index contributed by atoms with van der Waals surface area (Å²) in [6, 6.07) is 0.482. The van der Waals surface area contributed by atoms with Gasteiger partial charge in [-0.25, -0.2) is 22.9 Å². The number of hydrogen-bond donors (Lipinski definition) is 3. The lowest BCUT2D eigenvalue weighted by atomic mass is 10.1. The molecule has 2 amide bonds. The van der Waals surface area contributed by atoms with Crippen LogP contribution in [-0.2, 0) is 4.74 Å². The number of nitrogens with zero attached hydrogens (tertiary/aromatic N) is 2. The molecule has 1 saturated carbocycles. The molecule has 0 unspecified atom stereocenters. The van der Waals surface area contributed by atoms with E-state index in [9.17, 15) is 40.7 Å². The van der Waals surface area contributed by atoms with Crippen LogP contribution in [0.3, 0.4) is 0 Å². The Morgan fingerprint density at radius 2 is 1.70 bits per heavy atom. The van der Waals surface area contributed by atoms with Crippen LogP contribution in [0.4, 0.5) is 37.0 Å². The van der Waals surface area contributed by atoms with Crippen molar-refractivity contribution < 1.29 is 40.7 Å². The van der Waals surface area contributed by atoms with Crippen molar-refractivity contribution in [3.05, 3.63) is 63.7 Å². The summed E-state index contributed by atoms with van der Waals surface area (Å²) in [6.45, 7) is 6.81. The number of hydrogen-bond acceptors (Lipinski definition) is 6. The SMILES string of the molecule is C[C@@H](CNc1ccc2c(=O)c(C(=O)N[C@@H](C3CC3)C(F)(F)F)cn(-c3c(F)cc(F)cc3F)c2n1)NC(=O)OC(C)(C)C. The van der Waals surface area contributed by atoms with Gasteiger partial charge in [-0.05, 0) is 58.6 Å². The molecule has 1 aliphatic carbocycles. The average molecular weight is 614 g/mol. The van der Waals surface area contributed by atoms with Crippen LogP contribution < -0.4 is 21.4 Å². The van der Waals surface area contributed by atoms with Gasteiger partial charge in [-0.15, -0.1) is 0 Å². The Balaban J connectivity index is 1.73. The van der Waals surface area contributed by atoms with E-state index in [-0.39, 0.29) is 36.2 Å². The Morgan fingerprint density at radius 1 is 1.07 bits per heavy atom. The minimum atomic E-state index is -4.79. The Bertz CT molecular complexity index is 1590. The number of rotatable bonds is 8. The molecule has 15 heteroatoms. The van der Waals surface area contributed by atoms with E-state index < -0.39 is 75.9 Å². The summed E-state index contributed by atoms with van der Waals surface area (Å²) in [5, 5.41) is 6.97. The minimum Gasteiger partial charge on any atom is -0.444 e. The number of alkyl carbamates (subject to hydrolysis) is 1. The standard InChI is InChI=1S/C28H29F6N5O4/c1-13(36-26(42)43-27(2,3)4)11-35-20-8-7-16-22(40)17(25(41)38-23(14-5-6-14)28(32,33)34)12-39(24(16)37-20)21-18(30)9-15(29)10-19(21)31/h7-10,12-14,23H,5-6,11H2,1-4H3,(H,35,37)(H,36,42)(H,38,41)/t13-,23-/m0/s1. The van der Waals surface area contributed by atoms with Crippen molar-refractivity contribution in [2.75, 3.05) is 11.9 Å². The van der Waals surface area contributed by atoms with Crippen molar-refractivity contribution in [3.8, 4) is 5.69 Å². The van der Waals surface area contributed by atoms with Crippen LogP contribution in [0.1, 0.15) is 50.9 Å². The van der Waals surface area contributed by atoms with Crippen molar-refractivity contribution >= 4 is 28.9 Å². The molecule has 1 aromatic carbocycles. The Morgan fingerprint density at radius 3 is 2.26 bits per heavy atom. The zero-order valence-electron chi connectivity index (χ0n) is 23.5. The molecule has 0 radical (unpaired) electrons. The molecular formula is C28H29F6N5O4. The fraction of sp³-hybridized carbons (Fsp3) is 0.429. The highest BCUT2D eigenvalue weighted by molar-refractivity contribution is 5.97. The summed E-state index contributed by atoms with van der Waals surface area (Å²) in [6.07, 6.45) is -4.35. The van der Waals surface area contributed by atoms with E-state index >= 15 is 0 Å². The summed E-state index contributed by atoms with van der Waals surface area (Å²) in [5.74, 6) is -6.28. The first-order valence-electron chi connectivity index (χ1n) is 13.3. The molecular weight excluding hydrogens is 584 g/mol. The molecule has 4 rings (SSSR count). The van der Waals surface area contributed by atoms with Crippen LogP contribution in [-0.4, -0.2) is 52.0 Å². The van der Waals surface area contributed by atoms with Gasteiger partial charge in [-0.1, -0.05) is 0 Å². The van der Waals surface area contributed by atoms with Gasteiger partial charge in [0, 0.05) is 30.9 Å². The highest BCUT2D eigenvalue weighted by Gasteiger charge is 2.50. The molecule has 0 spiro atoms. The maximum atomic E-state index is 14.9. The van der Waals surface area contributed by atoms with Crippen LogP contribution in [0.5, 0.6) is 0 Å². The van der Waals surface area contributed by atoms with E-state index in [0.29, 0.717) is 22.9 Å². The summed E-state index contributed by atoms with van der Waals surface area (Å²) in [7, 11) is 0. The van der Waals surface area contributed by atoms with Gasteiger partial charge in [0.1, 0.15) is 34.5 Å². The number of pyridine rings is 2. The minimum absolute atomic E-state index is 0.0736. The maximum Gasteiger partial charge on any atom is 0.408 e. The van der Waals surface area contributed by atoms with E-state index in [1.807, 2.05) is 5.32 Å². The van der Waals surface area contributed by atoms with Gasteiger partial charge in [-0.2, -0.15) is 13.2 Å². The molecule has 3 N–H and O–H groups in total. The molecule has 1 aliphatic rings. The third-order valence-corrected chi connectivity index (χ3v) is 6.40. The number of carbonyl (C=O) groups excluding carboxylic acids is 2. The number of ether oxygens (including phenoxy) is 1. The molecule has 1 fully saturated rings. The largest absolute Gasteiger partial charge is 0.444 e. The van der Waals surface area contributed by atoms with E-state index in [1.165, 1.54) is 12.1 Å². The second kappa shape index (κ2) is 11.8. The number of aromatic nitrogens is 2. The van der Waals surface area contributed by atoms with Crippen LogP contribution >= 0.6 is 0 Å². The average Bonchev–Trinajstić information content (AvgIpc) is 3.69. The predicted molar refractivity (Wildman–Crippen MR) is 145 cm³/mol. The number of amides is 2. The summed E-state index contributed by atoms with van der Waals surface area (Å²) < 4.78 is 90.1. The van der Waals surface area contributed by atoms with E-state index in [4.69, 9.17) is 4.74 Å². The number of fused-ring (bicyclic) bond motifs is 1. The summed E-state index contributed by atoms with van der Waals surface area (Å²) in [5.41, 5.74) is -3.89. The maximum absolute atomic E-state index is 14.9. The van der Waals surface area contributed by atoms with Crippen LogP contribution in [0, 0.1) is 23.4 Å². The normalized spacial score (nSPS) is 15.1. The first kappa shape index (κ1) is 31.6. The van der Waals surface area contributed by atoms with Crippen molar-refractivity contribution in [2.45, 2.75) is 64.4 Å². The highest BCUT2D eigenvalue weighted by Crippen LogP contribution is 2.40. The Kier molecular flexibility index (Phi) is 8.65. The van der Waals surface area contributed by atoms with Crippen molar-refractivity contribution in [1.82, 2.24) is 20.2 Å². The molecule has 9 nitrogen and oxygen atoms in total. The number of anilines is 1. The topological polar surface area (TPSA) is 114 Å². The first-order chi connectivity index (χ1) is 19.9. The third-order valence-electron chi connectivity index (χ3n) is 6.40. The first-order valence-corrected chi connectivity index (χ1v) is 13.3. The molecule has 2 atom stereocenters. The van der Waals surface area contributed by atoms with Gasteiger partial charge < -0.3 is 20.7 Å². The van der Waals surface area contributed by atoms with Gasteiger partial charge in [0.15, 0.2) is 17.3 Å². The van der Waals surface area contributed by atoms with Crippen LogP contribution in [0.2, 0.25) is 0 Å². The van der Waals surface area contributed by atoms with Gasteiger partial charge >= 0.3 is 12.3 Å². The smallest absolute Gasteiger partial charge is 0.408 e. The lowest BCUT2D eigenvalue weighted by molar-refractivity contribution is -0.158. The quantitative estimate of drug-likeness (QED) is 0.301.